The summed E-state index contributed by atoms with van der Waals surface area (Å²) < 4.78 is 10.6. The van der Waals surface area contributed by atoms with Gasteiger partial charge in [0.1, 0.15) is 17.1 Å². The molecule has 1 rings (SSSR count). The molecule has 0 bridgehead atoms. The second kappa shape index (κ2) is 13.5. The number of rotatable bonds is 8. The maximum Gasteiger partial charge on any atom is 0.407 e. The zero-order valence-electron chi connectivity index (χ0n) is 20.0. The number of carbonyl (C=O) groups is 1. The fraction of sp³-hybridized carbons (Fsp3) is 0.636. The minimum absolute atomic E-state index is 0. The monoisotopic (exact) mass is 550 g/mol. The number of alkyl carbamates (subject to hydrolysis) is 1. The molecule has 8 nitrogen and oxygen atoms in total. The normalized spacial score (nSPS) is 12.6. The van der Waals surface area contributed by atoms with Crippen LogP contribution in [0.5, 0.6) is 11.5 Å². The first-order valence-electron chi connectivity index (χ1n) is 10.2. The summed E-state index contributed by atoms with van der Waals surface area (Å²) in [4.78, 5) is 18.4. The molecule has 3 N–H and O–H groups in total. The van der Waals surface area contributed by atoms with E-state index >= 15 is 0 Å². The van der Waals surface area contributed by atoms with E-state index in [9.17, 15) is 9.90 Å². The number of halogens is 1. The molecule has 1 amide bonds. The molecular weight excluding hydrogens is 511 g/mol. The van der Waals surface area contributed by atoms with E-state index in [1.165, 1.54) is 0 Å². The maximum atomic E-state index is 12.1. The number of ether oxygens (including phenoxy) is 2. The topological polar surface area (TPSA) is 95.4 Å². The predicted molar refractivity (Wildman–Crippen MR) is 136 cm³/mol. The zero-order chi connectivity index (χ0) is 22.9. The second-order valence-corrected chi connectivity index (χ2v) is 8.60. The molecule has 1 unspecified atom stereocenters. The summed E-state index contributed by atoms with van der Waals surface area (Å²) in [5, 5.41) is 16.3. The largest absolute Gasteiger partial charge is 0.508 e. The number of phenols is 1. The molecule has 1 atom stereocenters. The first-order chi connectivity index (χ1) is 14.0. The number of hydrogen-bond donors (Lipinski definition) is 3. The molecule has 0 aliphatic heterocycles. The summed E-state index contributed by atoms with van der Waals surface area (Å²) in [5.74, 6) is 1.83. The molecular formula is C22H39IN4O4. The number of hydrogen-bond acceptors (Lipinski definition) is 5. The van der Waals surface area contributed by atoms with Gasteiger partial charge in [0.25, 0.3) is 0 Å². The van der Waals surface area contributed by atoms with Crippen LogP contribution >= 0.6 is 24.0 Å². The Kier molecular flexibility index (Phi) is 12.7. The standard InChI is InChI=1S/C22H38N4O4.HI/c1-15(2)18(25-21(28)30-22(3,4)5)11-12-26(7)20(23-6)24-14-16-13-17(29-8)9-10-19(16)27;/h9-10,13,15,18,27H,11-12,14H2,1-8H3,(H,23,24)(H,25,28);1H. The van der Waals surface area contributed by atoms with Crippen LogP contribution in [-0.2, 0) is 11.3 Å². The quantitative estimate of drug-likeness (QED) is 0.258. The van der Waals surface area contributed by atoms with Gasteiger partial charge >= 0.3 is 6.09 Å². The van der Waals surface area contributed by atoms with E-state index in [-0.39, 0.29) is 41.7 Å². The van der Waals surface area contributed by atoms with E-state index in [4.69, 9.17) is 9.47 Å². The van der Waals surface area contributed by atoms with Crippen molar-refractivity contribution >= 4 is 36.0 Å². The van der Waals surface area contributed by atoms with Crippen molar-refractivity contribution in [1.82, 2.24) is 15.5 Å². The number of nitrogens with zero attached hydrogens (tertiary/aromatic N) is 2. The number of aromatic hydroxyl groups is 1. The first-order valence-corrected chi connectivity index (χ1v) is 10.2. The van der Waals surface area contributed by atoms with Crippen molar-refractivity contribution in [1.29, 1.82) is 0 Å². The number of benzene rings is 1. The highest BCUT2D eigenvalue weighted by Crippen LogP contribution is 2.22. The molecule has 178 valence electrons. The number of amides is 1. The van der Waals surface area contributed by atoms with E-state index in [1.54, 1.807) is 32.4 Å². The fourth-order valence-corrected chi connectivity index (χ4v) is 2.86. The smallest absolute Gasteiger partial charge is 0.407 e. The van der Waals surface area contributed by atoms with Crippen LogP contribution in [0.4, 0.5) is 4.79 Å². The van der Waals surface area contributed by atoms with Gasteiger partial charge in [0.2, 0.25) is 0 Å². The molecule has 0 radical (unpaired) electrons. The lowest BCUT2D eigenvalue weighted by atomic mass is 10.0. The average Bonchev–Trinajstić information content (AvgIpc) is 2.65. The molecule has 31 heavy (non-hydrogen) atoms. The lowest BCUT2D eigenvalue weighted by molar-refractivity contribution is 0.0486. The van der Waals surface area contributed by atoms with Crippen LogP contribution in [0.15, 0.2) is 23.2 Å². The molecule has 0 heterocycles. The molecule has 0 aromatic heterocycles. The van der Waals surface area contributed by atoms with Gasteiger partial charge in [-0.05, 0) is 51.3 Å². The fourth-order valence-electron chi connectivity index (χ4n) is 2.86. The van der Waals surface area contributed by atoms with Crippen molar-refractivity contribution in [2.45, 2.75) is 59.2 Å². The van der Waals surface area contributed by atoms with Crippen LogP contribution in [0.1, 0.15) is 46.6 Å². The minimum atomic E-state index is -0.528. The SMILES string of the molecule is CN=C(NCc1cc(OC)ccc1O)N(C)CCC(NC(=O)OC(C)(C)C)C(C)C.I. The Morgan fingerprint density at radius 3 is 2.45 bits per heavy atom. The van der Waals surface area contributed by atoms with Crippen molar-refractivity contribution < 1.29 is 19.4 Å². The Morgan fingerprint density at radius 1 is 1.29 bits per heavy atom. The van der Waals surface area contributed by atoms with Crippen molar-refractivity contribution in [3.63, 3.8) is 0 Å². The third-order valence-corrected chi connectivity index (χ3v) is 4.58. The van der Waals surface area contributed by atoms with Crippen LogP contribution in [0.3, 0.4) is 0 Å². The Balaban J connectivity index is 0.00000900. The minimum Gasteiger partial charge on any atom is -0.508 e. The third kappa shape index (κ3) is 10.8. The molecule has 9 heteroatoms. The van der Waals surface area contributed by atoms with Crippen LogP contribution in [0.2, 0.25) is 0 Å². The third-order valence-electron chi connectivity index (χ3n) is 4.58. The summed E-state index contributed by atoms with van der Waals surface area (Å²) in [6.07, 6.45) is 0.332. The van der Waals surface area contributed by atoms with Gasteiger partial charge < -0.3 is 30.1 Å². The highest BCUT2D eigenvalue weighted by Gasteiger charge is 2.22. The van der Waals surface area contributed by atoms with Crippen molar-refractivity contribution in [3.05, 3.63) is 23.8 Å². The van der Waals surface area contributed by atoms with Crippen molar-refractivity contribution in [3.8, 4) is 11.5 Å². The molecule has 1 aromatic rings. The second-order valence-electron chi connectivity index (χ2n) is 8.60. The van der Waals surface area contributed by atoms with E-state index in [2.05, 4.69) is 29.5 Å². The Morgan fingerprint density at radius 2 is 1.94 bits per heavy atom. The van der Waals surface area contributed by atoms with Gasteiger partial charge in [-0.1, -0.05) is 13.8 Å². The maximum absolute atomic E-state index is 12.1. The van der Waals surface area contributed by atoms with E-state index in [0.29, 0.717) is 24.8 Å². The summed E-state index contributed by atoms with van der Waals surface area (Å²) in [7, 11) is 5.24. The highest BCUT2D eigenvalue weighted by atomic mass is 127. The molecule has 0 spiro atoms. The lowest BCUT2D eigenvalue weighted by Gasteiger charge is -2.28. The van der Waals surface area contributed by atoms with E-state index in [0.717, 1.165) is 12.0 Å². The predicted octanol–water partition coefficient (Wildman–Crippen LogP) is 3.97. The van der Waals surface area contributed by atoms with Gasteiger partial charge in [0, 0.05) is 38.8 Å². The Labute approximate surface area is 203 Å². The number of guanidine groups is 1. The molecule has 1 aromatic carbocycles. The summed E-state index contributed by atoms with van der Waals surface area (Å²) in [5.41, 5.74) is 0.190. The van der Waals surface area contributed by atoms with Gasteiger partial charge in [-0.15, -0.1) is 24.0 Å². The molecule has 0 aliphatic rings. The molecule has 0 saturated carbocycles. The van der Waals surface area contributed by atoms with Crippen molar-refractivity contribution in [2.24, 2.45) is 10.9 Å². The van der Waals surface area contributed by atoms with E-state index < -0.39 is 11.7 Å². The number of aliphatic imine (C=N–C) groups is 1. The zero-order valence-corrected chi connectivity index (χ0v) is 22.3. The number of nitrogens with one attached hydrogen (secondary N) is 2. The summed E-state index contributed by atoms with van der Waals surface area (Å²) >= 11 is 0. The highest BCUT2D eigenvalue weighted by molar-refractivity contribution is 14.0. The van der Waals surface area contributed by atoms with Gasteiger partial charge in [-0.25, -0.2) is 4.79 Å². The number of phenolic OH excluding ortho intramolecular Hbond substituents is 1. The average molecular weight is 550 g/mol. The van der Waals surface area contributed by atoms with Gasteiger partial charge in [-0.3, -0.25) is 4.99 Å². The molecule has 0 saturated heterocycles. The van der Waals surface area contributed by atoms with Crippen LogP contribution < -0.4 is 15.4 Å². The van der Waals surface area contributed by atoms with Gasteiger partial charge in [0.15, 0.2) is 5.96 Å². The number of methoxy groups -OCH3 is 1. The number of carbonyl (C=O) groups excluding carboxylic acids is 1. The summed E-state index contributed by atoms with van der Waals surface area (Å²) in [6, 6.07) is 5.08. The van der Waals surface area contributed by atoms with E-state index in [1.807, 2.05) is 32.7 Å². The van der Waals surface area contributed by atoms with Crippen LogP contribution in [-0.4, -0.2) is 61.5 Å². The van der Waals surface area contributed by atoms with Gasteiger partial charge in [-0.2, -0.15) is 0 Å². The Hall–Kier alpha value is -1.91. The van der Waals surface area contributed by atoms with Gasteiger partial charge in [0.05, 0.1) is 7.11 Å². The Bertz CT molecular complexity index is 720. The molecule has 0 fully saturated rings. The lowest BCUT2D eigenvalue weighted by Crippen LogP contribution is -2.45. The summed E-state index contributed by atoms with van der Waals surface area (Å²) in [6.45, 7) is 10.8. The van der Waals surface area contributed by atoms with Crippen molar-refractivity contribution in [2.75, 3.05) is 27.7 Å². The first kappa shape index (κ1) is 29.1. The van der Waals surface area contributed by atoms with Crippen LogP contribution in [0, 0.1) is 5.92 Å². The molecule has 0 aliphatic carbocycles. The van der Waals surface area contributed by atoms with Crippen LogP contribution in [0.25, 0.3) is 0 Å².